The van der Waals surface area contributed by atoms with Crippen LogP contribution in [0.4, 0.5) is 0 Å². The molecule has 2 rings (SSSR count). The van der Waals surface area contributed by atoms with E-state index >= 15 is 0 Å². The van der Waals surface area contributed by atoms with Crippen molar-refractivity contribution in [2.75, 3.05) is 27.2 Å². The summed E-state index contributed by atoms with van der Waals surface area (Å²) < 4.78 is 5.47. The first-order valence-electron chi connectivity index (χ1n) is 7.94. The van der Waals surface area contributed by atoms with Crippen molar-refractivity contribution in [3.63, 3.8) is 0 Å². The predicted molar refractivity (Wildman–Crippen MR) is 97.8 cm³/mol. The second-order valence-corrected chi connectivity index (χ2v) is 6.13. The molecule has 0 fully saturated rings. The number of carbonyl (C=O) groups is 1. The first-order chi connectivity index (χ1) is 11.5. The number of benzene rings is 2. The molecule has 1 N–H and O–H groups in total. The number of nitrogens with zero attached hydrogens (tertiary/aromatic N) is 1. The van der Waals surface area contributed by atoms with E-state index in [9.17, 15) is 4.79 Å². The molecule has 1 atom stereocenters. The SMILES string of the molecule is CCOc1ccc(C(CNC(=O)c2ccc(Cl)cc2)N(C)C)cc1. The molecule has 128 valence electrons. The fourth-order valence-electron chi connectivity index (χ4n) is 2.44. The second kappa shape index (κ2) is 8.71. The zero-order valence-electron chi connectivity index (χ0n) is 14.3. The molecule has 2 aromatic carbocycles. The lowest BCUT2D eigenvalue weighted by molar-refractivity contribution is 0.0942. The van der Waals surface area contributed by atoms with Crippen molar-refractivity contribution >= 4 is 17.5 Å². The van der Waals surface area contributed by atoms with Crippen LogP contribution < -0.4 is 10.1 Å². The van der Waals surface area contributed by atoms with Crippen molar-refractivity contribution in [1.82, 2.24) is 10.2 Å². The van der Waals surface area contributed by atoms with Gasteiger partial charge in [0.2, 0.25) is 0 Å². The summed E-state index contributed by atoms with van der Waals surface area (Å²) in [6.07, 6.45) is 0. The molecule has 0 aromatic heterocycles. The number of hydrogen-bond acceptors (Lipinski definition) is 3. The van der Waals surface area contributed by atoms with Crippen molar-refractivity contribution in [3.05, 3.63) is 64.7 Å². The quantitative estimate of drug-likeness (QED) is 0.829. The van der Waals surface area contributed by atoms with Crippen LogP contribution in [0.15, 0.2) is 48.5 Å². The van der Waals surface area contributed by atoms with Gasteiger partial charge in [0.25, 0.3) is 5.91 Å². The van der Waals surface area contributed by atoms with Crippen LogP contribution in [0.25, 0.3) is 0 Å². The Morgan fingerprint density at radius 1 is 1.12 bits per heavy atom. The first-order valence-corrected chi connectivity index (χ1v) is 8.32. The summed E-state index contributed by atoms with van der Waals surface area (Å²) in [6, 6.07) is 14.9. The van der Waals surface area contributed by atoms with Crippen molar-refractivity contribution in [3.8, 4) is 5.75 Å². The molecular weight excluding hydrogens is 324 g/mol. The van der Waals surface area contributed by atoms with Gasteiger partial charge < -0.3 is 15.0 Å². The molecule has 2 aromatic rings. The summed E-state index contributed by atoms with van der Waals surface area (Å²) in [5, 5.41) is 3.60. The third-order valence-electron chi connectivity index (χ3n) is 3.76. The van der Waals surface area contributed by atoms with E-state index in [0.29, 0.717) is 23.7 Å². The standard InChI is InChI=1S/C19H23ClN2O2/c1-4-24-17-11-7-14(8-12-17)18(22(2)3)13-21-19(23)15-5-9-16(20)10-6-15/h5-12,18H,4,13H2,1-3H3,(H,21,23). The molecule has 4 nitrogen and oxygen atoms in total. The van der Waals surface area contributed by atoms with E-state index in [1.165, 1.54) is 0 Å². The summed E-state index contributed by atoms with van der Waals surface area (Å²) in [5.41, 5.74) is 1.73. The molecule has 0 aliphatic heterocycles. The summed E-state index contributed by atoms with van der Waals surface area (Å²) in [6.45, 7) is 3.12. The van der Waals surface area contributed by atoms with Crippen LogP contribution in [-0.2, 0) is 0 Å². The highest BCUT2D eigenvalue weighted by Crippen LogP contribution is 2.21. The van der Waals surface area contributed by atoms with Gasteiger partial charge in [0, 0.05) is 17.1 Å². The second-order valence-electron chi connectivity index (χ2n) is 5.70. The fourth-order valence-corrected chi connectivity index (χ4v) is 2.57. The maximum atomic E-state index is 12.3. The number of likely N-dealkylation sites (N-methyl/N-ethyl adjacent to an activating group) is 1. The molecule has 1 unspecified atom stereocenters. The average Bonchev–Trinajstić information content (AvgIpc) is 2.57. The number of rotatable bonds is 7. The van der Waals surface area contributed by atoms with Gasteiger partial charge in [0.15, 0.2) is 0 Å². The van der Waals surface area contributed by atoms with E-state index in [0.717, 1.165) is 11.3 Å². The molecule has 0 aliphatic carbocycles. The highest BCUT2D eigenvalue weighted by molar-refractivity contribution is 6.30. The Balaban J connectivity index is 2.03. The Hall–Kier alpha value is -2.04. The van der Waals surface area contributed by atoms with Gasteiger partial charge in [0.1, 0.15) is 5.75 Å². The summed E-state index contributed by atoms with van der Waals surface area (Å²) in [4.78, 5) is 14.3. The van der Waals surface area contributed by atoms with Crippen LogP contribution in [0.3, 0.4) is 0 Å². The predicted octanol–water partition coefficient (Wildman–Crippen LogP) is 3.77. The van der Waals surface area contributed by atoms with Crippen LogP contribution in [0.2, 0.25) is 5.02 Å². The minimum Gasteiger partial charge on any atom is -0.494 e. The highest BCUT2D eigenvalue weighted by Gasteiger charge is 2.16. The Morgan fingerprint density at radius 2 is 1.75 bits per heavy atom. The summed E-state index contributed by atoms with van der Waals surface area (Å²) >= 11 is 5.85. The number of carbonyl (C=O) groups excluding carboxylic acids is 1. The smallest absolute Gasteiger partial charge is 0.251 e. The summed E-state index contributed by atoms with van der Waals surface area (Å²) in [5.74, 6) is 0.744. The third-order valence-corrected chi connectivity index (χ3v) is 4.01. The Morgan fingerprint density at radius 3 is 2.29 bits per heavy atom. The number of amides is 1. The van der Waals surface area contributed by atoms with Crippen LogP contribution >= 0.6 is 11.6 Å². The van der Waals surface area contributed by atoms with E-state index in [1.54, 1.807) is 24.3 Å². The fraction of sp³-hybridized carbons (Fsp3) is 0.316. The van der Waals surface area contributed by atoms with Gasteiger partial charge in [-0.15, -0.1) is 0 Å². The van der Waals surface area contributed by atoms with Gasteiger partial charge in [-0.25, -0.2) is 0 Å². The lowest BCUT2D eigenvalue weighted by atomic mass is 10.1. The molecule has 0 saturated carbocycles. The molecule has 1 amide bonds. The average molecular weight is 347 g/mol. The van der Waals surface area contributed by atoms with Crippen molar-refractivity contribution in [2.45, 2.75) is 13.0 Å². The van der Waals surface area contributed by atoms with Gasteiger partial charge >= 0.3 is 0 Å². The maximum absolute atomic E-state index is 12.3. The van der Waals surface area contributed by atoms with E-state index in [4.69, 9.17) is 16.3 Å². The van der Waals surface area contributed by atoms with Crippen LogP contribution in [0.1, 0.15) is 28.9 Å². The molecule has 0 bridgehead atoms. The van der Waals surface area contributed by atoms with Crippen LogP contribution in [-0.4, -0.2) is 38.1 Å². The van der Waals surface area contributed by atoms with Gasteiger partial charge in [-0.05, 0) is 63.0 Å². The largest absolute Gasteiger partial charge is 0.494 e. The molecule has 0 saturated heterocycles. The zero-order chi connectivity index (χ0) is 17.5. The third kappa shape index (κ3) is 4.98. The van der Waals surface area contributed by atoms with Crippen LogP contribution in [0, 0.1) is 0 Å². The minimum atomic E-state index is -0.107. The van der Waals surface area contributed by atoms with E-state index in [2.05, 4.69) is 10.2 Å². The van der Waals surface area contributed by atoms with Crippen molar-refractivity contribution < 1.29 is 9.53 Å². The molecule has 0 heterocycles. The zero-order valence-corrected chi connectivity index (χ0v) is 15.0. The van der Waals surface area contributed by atoms with E-state index in [-0.39, 0.29) is 11.9 Å². The lowest BCUT2D eigenvalue weighted by Gasteiger charge is -2.25. The molecule has 5 heteroatoms. The monoisotopic (exact) mass is 346 g/mol. The molecule has 0 radical (unpaired) electrons. The molecule has 0 aliphatic rings. The van der Waals surface area contributed by atoms with E-state index < -0.39 is 0 Å². The Labute approximate surface area is 148 Å². The normalized spacial score (nSPS) is 12.0. The van der Waals surface area contributed by atoms with Crippen molar-refractivity contribution in [2.24, 2.45) is 0 Å². The number of nitrogens with one attached hydrogen (secondary N) is 1. The van der Waals surface area contributed by atoms with Gasteiger partial charge in [-0.2, -0.15) is 0 Å². The minimum absolute atomic E-state index is 0.0805. The molecular formula is C19H23ClN2O2. The molecule has 24 heavy (non-hydrogen) atoms. The van der Waals surface area contributed by atoms with Gasteiger partial charge in [-0.1, -0.05) is 23.7 Å². The highest BCUT2D eigenvalue weighted by atomic mass is 35.5. The topological polar surface area (TPSA) is 41.6 Å². The Kier molecular flexibility index (Phi) is 6.64. The summed E-state index contributed by atoms with van der Waals surface area (Å²) in [7, 11) is 3.99. The number of halogens is 1. The van der Waals surface area contributed by atoms with Gasteiger partial charge in [-0.3, -0.25) is 4.79 Å². The van der Waals surface area contributed by atoms with Gasteiger partial charge in [0.05, 0.1) is 12.6 Å². The van der Waals surface area contributed by atoms with Crippen molar-refractivity contribution in [1.29, 1.82) is 0 Å². The van der Waals surface area contributed by atoms with Crippen LogP contribution in [0.5, 0.6) is 5.75 Å². The van der Waals surface area contributed by atoms with E-state index in [1.807, 2.05) is 45.3 Å². The number of hydrogen-bond donors (Lipinski definition) is 1. The lowest BCUT2D eigenvalue weighted by Crippen LogP contribution is -2.34. The Bertz CT molecular complexity index is 654. The number of ether oxygens (including phenoxy) is 1. The molecule has 0 spiro atoms. The maximum Gasteiger partial charge on any atom is 0.251 e. The first kappa shape index (κ1) is 18.3.